The summed E-state index contributed by atoms with van der Waals surface area (Å²) in [7, 11) is 0. The highest BCUT2D eigenvalue weighted by molar-refractivity contribution is 6.42. The van der Waals surface area contributed by atoms with E-state index in [-0.39, 0.29) is 18.2 Å². The van der Waals surface area contributed by atoms with Crippen LogP contribution in [0.4, 0.5) is 0 Å². The van der Waals surface area contributed by atoms with Crippen LogP contribution in [0.3, 0.4) is 0 Å². The number of hydrogen-bond donors (Lipinski definition) is 2. The van der Waals surface area contributed by atoms with Crippen LogP contribution in [-0.4, -0.2) is 40.0 Å². The van der Waals surface area contributed by atoms with Gasteiger partial charge < -0.3 is 10.2 Å². The van der Waals surface area contributed by atoms with Crippen molar-refractivity contribution in [1.82, 2.24) is 20.4 Å². The first-order valence-electron chi connectivity index (χ1n) is 9.45. The molecule has 3 rings (SSSR count). The quantitative estimate of drug-likeness (QED) is 0.745. The van der Waals surface area contributed by atoms with Crippen LogP contribution < -0.4 is 5.32 Å². The molecule has 1 aromatic heterocycles. The number of aromatic amines is 1. The number of carbonyl (C=O) groups excluding carboxylic acids is 2. The summed E-state index contributed by atoms with van der Waals surface area (Å²) in [5.74, 6) is 0.191. The highest BCUT2D eigenvalue weighted by Gasteiger charge is 2.27. The zero-order valence-electron chi connectivity index (χ0n) is 16.0. The average molecular weight is 423 g/mol. The molecule has 0 saturated carbocycles. The number of fused-ring (bicyclic) bond motifs is 1. The van der Waals surface area contributed by atoms with Gasteiger partial charge in [-0.15, -0.1) is 0 Å². The van der Waals surface area contributed by atoms with Crippen molar-refractivity contribution < 1.29 is 9.59 Å². The van der Waals surface area contributed by atoms with Crippen LogP contribution in [0.25, 0.3) is 0 Å². The largest absolute Gasteiger partial charge is 0.350 e. The molecule has 1 atom stereocenters. The molecule has 0 radical (unpaired) electrons. The fraction of sp³-hybridized carbons (Fsp3) is 0.450. The van der Waals surface area contributed by atoms with Crippen LogP contribution in [0, 0.1) is 5.92 Å². The zero-order chi connectivity index (χ0) is 20.3. The van der Waals surface area contributed by atoms with Crippen molar-refractivity contribution in [3.63, 3.8) is 0 Å². The number of carbonyl (C=O) groups is 2. The number of aromatic nitrogens is 2. The number of benzene rings is 1. The van der Waals surface area contributed by atoms with Crippen molar-refractivity contribution in [1.29, 1.82) is 0 Å². The summed E-state index contributed by atoms with van der Waals surface area (Å²) in [6.07, 6.45) is 1.88. The number of hydrogen-bond acceptors (Lipinski definition) is 3. The Morgan fingerprint density at radius 2 is 2.11 bits per heavy atom. The highest BCUT2D eigenvalue weighted by atomic mass is 35.5. The first-order valence-corrected chi connectivity index (χ1v) is 10.2. The molecule has 2 amide bonds. The Hall–Kier alpha value is -2.05. The number of nitrogens with zero attached hydrogens (tertiary/aromatic N) is 2. The lowest BCUT2D eigenvalue weighted by atomic mass is 10.0. The number of halogens is 2. The van der Waals surface area contributed by atoms with Gasteiger partial charge in [0.1, 0.15) is 0 Å². The van der Waals surface area contributed by atoms with Gasteiger partial charge in [0.2, 0.25) is 5.91 Å². The molecule has 8 heteroatoms. The molecule has 0 saturated heterocycles. The first kappa shape index (κ1) is 20.7. The van der Waals surface area contributed by atoms with E-state index in [4.69, 9.17) is 23.2 Å². The summed E-state index contributed by atoms with van der Waals surface area (Å²) in [4.78, 5) is 27.0. The molecule has 2 N–H and O–H groups in total. The van der Waals surface area contributed by atoms with Gasteiger partial charge >= 0.3 is 0 Å². The topological polar surface area (TPSA) is 78.1 Å². The summed E-state index contributed by atoms with van der Waals surface area (Å²) >= 11 is 12.0. The van der Waals surface area contributed by atoms with Gasteiger partial charge in [-0.1, -0.05) is 49.5 Å². The van der Waals surface area contributed by atoms with Gasteiger partial charge in [-0.3, -0.25) is 14.7 Å². The molecule has 2 aromatic rings. The van der Waals surface area contributed by atoms with Gasteiger partial charge in [0.05, 0.1) is 16.5 Å². The van der Waals surface area contributed by atoms with E-state index >= 15 is 0 Å². The fourth-order valence-electron chi connectivity index (χ4n) is 3.13. The molecule has 1 aliphatic heterocycles. The Kier molecular flexibility index (Phi) is 6.62. The van der Waals surface area contributed by atoms with E-state index in [2.05, 4.69) is 29.4 Å². The number of nitrogens with one attached hydrogen (secondary N) is 2. The second kappa shape index (κ2) is 8.97. The summed E-state index contributed by atoms with van der Waals surface area (Å²) in [6, 6.07) is 5.20. The first-order chi connectivity index (χ1) is 13.4. The van der Waals surface area contributed by atoms with E-state index in [1.165, 1.54) is 0 Å². The predicted octanol–water partition coefficient (Wildman–Crippen LogP) is 3.62. The van der Waals surface area contributed by atoms with Crippen molar-refractivity contribution in [3.8, 4) is 0 Å². The molecule has 0 aliphatic carbocycles. The standard InChI is InChI=1S/C20H24Cl2N4O2/c1-3-12(2)10-23-20(28)19-14-11-26(7-6-17(14)24-25-19)18(27)9-13-4-5-15(21)16(22)8-13/h4-5,8,12H,3,6-7,9-11H2,1-2H3,(H,23,28)(H,24,25). The Bertz CT molecular complexity index is 881. The lowest BCUT2D eigenvalue weighted by Crippen LogP contribution is -2.38. The minimum absolute atomic E-state index is 0.0174. The molecule has 0 fully saturated rings. The van der Waals surface area contributed by atoms with Gasteiger partial charge in [-0.2, -0.15) is 5.10 Å². The van der Waals surface area contributed by atoms with Crippen LogP contribution in [0.15, 0.2) is 18.2 Å². The number of amides is 2. The van der Waals surface area contributed by atoms with Crippen molar-refractivity contribution in [3.05, 3.63) is 50.8 Å². The van der Waals surface area contributed by atoms with Crippen LogP contribution in [-0.2, 0) is 24.2 Å². The van der Waals surface area contributed by atoms with E-state index in [1.54, 1.807) is 23.1 Å². The predicted molar refractivity (Wildman–Crippen MR) is 110 cm³/mol. The zero-order valence-corrected chi connectivity index (χ0v) is 17.5. The van der Waals surface area contributed by atoms with Gasteiger partial charge in [0, 0.05) is 37.3 Å². The Balaban J connectivity index is 1.67. The fourth-order valence-corrected chi connectivity index (χ4v) is 3.45. The van der Waals surface area contributed by atoms with Crippen molar-refractivity contribution in [2.24, 2.45) is 5.92 Å². The minimum Gasteiger partial charge on any atom is -0.350 e. The van der Waals surface area contributed by atoms with E-state index < -0.39 is 0 Å². The third kappa shape index (κ3) is 4.67. The van der Waals surface area contributed by atoms with Crippen molar-refractivity contribution in [2.75, 3.05) is 13.1 Å². The summed E-state index contributed by atoms with van der Waals surface area (Å²) in [5.41, 5.74) is 2.91. The SMILES string of the molecule is CCC(C)CNC(=O)c1n[nH]c2c1CN(C(=O)Cc1ccc(Cl)c(Cl)c1)CC2. The van der Waals surface area contributed by atoms with Gasteiger partial charge in [-0.05, 0) is 23.6 Å². The normalized spacial score (nSPS) is 14.5. The summed E-state index contributed by atoms with van der Waals surface area (Å²) in [5, 5.41) is 11.0. The van der Waals surface area contributed by atoms with Crippen molar-refractivity contribution >= 4 is 35.0 Å². The molecule has 28 heavy (non-hydrogen) atoms. The van der Waals surface area contributed by atoms with Gasteiger partial charge in [0.25, 0.3) is 5.91 Å². The average Bonchev–Trinajstić information content (AvgIpc) is 3.11. The van der Waals surface area contributed by atoms with Gasteiger partial charge in [-0.25, -0.2) is 0 Å². The third-order valence-electron chi connectivity index (χ3n) is 5.15. The van der Waals surface area contributed by atoms with E-state index in [9.17, 15) is 9.59 Å². The lowest BCUT2D eigenvalue weighted by Gasteiger charge is -2.27. The molecular formula is C20H24Cl2N4O2. The molecule has 1 unspecified atom stereocenters. The molecule has 0 bridgehead atoms. The molecule has 150 valence electrons. The molecular weight excluding hydrogens is 399 g/mol. The van der Waals surface area contributed by atoms with E-state index in [0.717, 1.165) is 23.2 Å². The van der Waals surface area contributed by atoms with Crippen molar-refractivity contribution in [2.45, 2.75) is 39.7 Å². The molecule has 1 aliphatic rings. The molecule has 2 heterocycles. The Morgan fingerprint density at radius 3 is 2.82 bits per heavy atom. The summed E-state index contributed by atoms with van der Waals surface area (Å²) in [6.45, 7) is 5.74. The maximum atomic E-state index is 12.7. The smallest absolute Gasteiger partial charge is 0.272 e. The highest BCUT2D eigenvalue weighted by Crippen LogP contribution is 2.24. The second-order valence-corrected chi connectivity index (χ2v) is 8.06. The maximum Gasteiger partial charge on any atom is 0.272 e. The van der Waals surface area contributed by atoms with E-state index in [1.807, 2.05) is 0 Å². The van der Waals surface area contributed by atoms with Gasteiger partial charge in [0.15, 0.2) is 5.69 Å². The number of rotatable bonds is 6. The third-order valence-corrected chi connectivity index (χ3v) is 5.89. The monoisotopic (exact) mass is 422 g/mol. The Morgan fingerprint density at radius 1 is 1.32 bits per heavy atom. The van der Waals surface area contributed by atoms with Crippen LogP contribution in [0.1, 0.15) is 47.6 Å². The van der Waals surface area contributed by atoms with Crippen LogP contribution >= 0.6 is 23.2 Å². The number of H-pyrrole nitrogens is 1. The maximum absolute atomic E-state index is 12.7. The molecule has 6 nitrogen and oxygen atoms in total. The lowest BCUT2D eigenvalue weighted by molar-refractivity contribution is -0.131. The van der Waals surface area contributed by atoms with Crippen LogP contribution in [0.2, 0.25) is 10.0 Å². The van der Waals surface area contributed by atoms with E-state index in [0.29, 0.717) is 47.7 Å². The summed E-state index contributed by atoms with van der Waals surface area (Å²) < 4.78 is 0. The second-order valence-electron chi connectivity index (χ2n) is 7.24. The Labute approximate surface area is 174 Å². The molecule has 0 spiro atoms. The minimum atomic E-state index is -0.198. The molecule has 1 aromatic carbocycles. The van der Waals surface area contributed by atoms with Crippen LogP contribution in [0.5, 0.6) is 0 Å².